The summed E-state index contributed by atoms with van der Waals surface area (Å²) in [4.78, 5) is 47.8. The minimum Gasteiger partial charge on any atom is -0.507 e. The van der Waals surface area contributed by atoms with E-state index >= 15 is 0 Å². The van der Waals surface area contributed by atoms with Crippen molar-refractivity contribution in [1.29, 1.82) is 0 Å². The summed E-state index contributed by atoms with van der Waals surface area (Å²) >= 11 is 0. The number of carboxylic acids is 1. The van der Waals surface area contributed by atoms with Gasteiger partial charge >= 0.3 is 5.97 Å². The van der Waals surface area contributed by atoms with Gasteiger partial charge in [-0.3, -0.25) is 24.5 Å². The second-order valence-corrected chi connectivity index (χ2v) is 7.52. The van der Waals surface area contributed by atoms with E-state index < -0.39 is 40.2 Å². The van der Waals surface area contributed by atoms with Crippen LogP contribution in [0.15, 0.2) is 54.1 Å². The number of non-ortho nitro benzene ring substituents is 1. The molecule has 1 unspecified atom stereocenters. The third-order valence-corrected chi connectivity index (χ3v) is 5.38. The summed E-state index contributed by atoms with van der Waals surface area (Å²) in [7, 11) is 0. The number of hydrogen-bond acceptors (Lipinski definition) is 6. The van der Waals surface area contributed by atoms with Crippen molar-refractivity contribution >= 4 is 29.1 Å². The third kappa shape index (κ3) is 5.05. The van der Waals surface area contributed by atoms with Gasteiger partial charge in [0.25, 0.3) is 17.4 Å². The highest BCUT2D eigenvalue weighted by molar-refractivity contribution is 6.46. The molecule has 1 heterocycles. The van der Waals surface area contributed by atoms with Crippen LogP contribution in [0.25, 0.3) is 5.76 Å². The van der Waals surface area contributed by atoms with Gasteiger partial charge in [0.15, 0.2) is 0 Å². The largest absolute Gasteiger partial charge is 0.507 e. The monoisotopic (exact) mass is 456 g/mol. The number of halogens is 1. The first-order valence-corrected chi connectivity index (χ1v) is 10.2. The van der Waals surface area contributed by atoms with E-state index in [2.05, 4.69) is 0 Å². The Morgan fingerprint density at radius 1 is 1.03 bits per heavy atom. The zero-order valence-corrected chi connectivity index (χ0v) is 17.4. The minimum atomic E-state index is -1.19. The van der Waals surface area contributed by atoms with Crippen LogP contribution in [0.4, 0.5) is 10.1 Å². The molecule has 2 aromatic carbocycles. The number of benzene rings is 2. The lowest BCUT2D eigenvalue weighted by atomic mass is 9.94. The molecule has 0 aromatic heterocycles. The molecule has 9 nitrogen and oxygen atoms in total. The molecule has 0 radical (unpaired) electrons. The van der Waals surface area contributed by atoms with Crippen molar-refractivity contribution in [3.8, 4) is 0 Å². The fourth-order valence-corrected chi connectivity index (χ4v) is 3.76. The van der Waals surface area contributed by atoms with Crippen LogP contribution in [0.1, 0.15) is 42.9 Å². The zero-order valence-electron chi connectivity index (χ0n) is 17.4. The Hall–Kier alpha value is -4.08. The van der Waals surface area contributed by atoms with Crippen molar-refractivity contribution in [3.63, 3.8) is 0 Å². The summed E-state index contributed by atoms with van der Waals surface area (Å²) in [6.07, 6.45) is 1.20. The number of unbranched alkanes of at least 4 members (excludes halogenated alkanes) is 2. The minimum absolute atomic E-state index is 0.0192. The lowest BCUT2D eigenvalue weighted by Gasteiger charge is -2.25. The van der Waals surface area contributed by atoms with E-state index in [1.807, 2.05) is 0 Å². The number of carbonyl (C=O) groups is 3. The molecule has 1 amide bonds. The number of rotatable bonds is 9. The highest BCUT2D eigenvalue weighted by Crippen LogP contribution is 2.40. The molecular formula is C23H21FN2O7. The van der Waals surface area contributed by atoms with Gasteiger partial charge in [-0.15, -0.1) is 0 Å². The fraction of sp³-hybridized carbons (Fsp3) is 0.261. The van der Waals surface area contributed by atoms with Crippen LogP contribution in [0, 0.1) is 15.9 Å². The normalized spacial score (nSPS) is 17.4. The van der Waals surface area contributed by atoms with E-state index in [9.17, 15) is 34.0 Å². The van der Waals surface area contributed by atoms with Crippen LogP contribution >= 0.6 is 0 Å². The lowest BCUT2D eigenvalue weighted by Crippen LogP contribution is -2.31. The Labute approximate surface area is 187 Å². The Balaban J connectivity index is 2.00. The zero-order chi connectivity index (χ0) is 24.1. The molecule has 2 aromatic rings. The summed E-state index contributed by atoms with van der Waals surface area (Å²) in [5.74, 6) is -4.08. The second-order valence-electron chi connectivity index (χ2n) is 7.52. The molecule has 0 aliphatic carbocycles. The Morgan fingerprint density at radius 2 is 1.70 bits per heavy atom. The number of amides is 1. The average molecular weight is 456 g/mol. The number of aliphatic carboxylic acids is 1. The van der Waals surface area contributed by atoms with Gasteiger partial charge in [0.2, 0.25) is 0 Å². The topological polar surface area (TPSA) is 138 Å². The number of ketones is 1. The number of aliphatic hydroxyl groups is 1. The first-order valence-electron chi connectivity index (χ1n) is 10.2. The van der Waals surface area contributed by atoms with Crippen LogP contribution in [-0.2, 0) is 14.4 Å². The van der Waals surface area contributed by atoms with Gasteiger partial charge < -0.3 is 15.1 Å². The van der Waals surface area contributed by atoms with Gasteiger partial charge in [0.1, 0.15) is 11.6 Å². The maximum absolute atomic E-state index is 14.7. The maximum Gasteiger partial charge on any atom is 0.303 e. The van der Waals surface area contributed by atoms with E-state index in [1.165, 1.54) is 41.3 Å². The number of likely N-dealkylation sites (tertiary alicyclic amines) is 1. The van der Waals surface area contributed by atoms with Gasteiger partial charge in [-0.1, -0.05) is 24.6 Å². The molecule has 172 valence electrons. The molecule has 0 saturated carbocycles. The molecule has 1 aliphatic heterocycles. The SMILES string of the molecule is O=C(O)CCCCCN1C(=O)C(=O)C(=C(O)c2ccc([N+](=O)[O-])cc2)C1c1ccccc1F. The molecule has 1 fully saturated rings. The standard InChI is InChI=1S/C23H21FN2O7/c24-17-7-4-3-6-16(17)20-19(21(29)14-9-11-15(12-10-14)26(32)33)22(30)23(31)25(20)13-5-1-2-8-18(27)28/h3-4,6-7,9-12,20,29H,1-2,5,8,13H2,(H,27,28). The first-order chi connectivity index (χ1) is 15.7. The second kappa shape index (κ2) is 10.0. The number of carboxylic acid groups (broad SMARTS) is 1. The molecule has 1 aliphatic rings. The van der Waals surface area contributed by atoms with Crippen molar-refractivity contribution in [3.05, 3.63) is 81.2 Å². The molecule has 3 rings (SSSR count). The number of Topliss-reactive ketones (excluding diaryl/α,β-unsaturated/α-hetero) is 1. The Morgan fingerprint density at radius 3 is 2.30 bits per heavy atom. The number of nitrogens with zero attached hydrogens (tertiary/aromatic N) is 2. The average Bonchev–Trinajstić information content (AvgIpc) is 3.03. The molecule has 33 heavy (non-hydrogen) atoms. The van der Waals surface area contributed by atoms with Crippen LogP contribution in [0.3, 0.4) is 0 Å². The number of hydrogen-bond donors (Lipinski definition) is 2. The highest BCUT2D eigenvalue weighted by Gasteiger charge is 2.46. The summed E-state index contributed by atoms with van der Waals surface area (Å²) in [6.45, 7) is 0.0558. The van der Waals surface area contributed by atoms with Crippen LogP contribution in [0.2, 0.25) is 0 Å². The predicted molar refractivity (Wildman–Crippen MR) is 115 cm³/mol. The van der Waals surface area contributed by atoms with Crippen LogP contribution in [0.5, 0.6) is 0 Å². The molecule has 1 saturated heterocycles. The van der Waals surface area contributed by atoms with Crippen LogP contribution in [-0.4, -0.2) is 44.2 Å². The Bertz CT molecular complexity index is 1130. The van der Waals surface area contributed by atoms with Gasteiger partial charge in [-0.25, -0.2) is 4.39 Å². The molecule has 1 atom stereocenters. The Kier molecular flexibility index (Phi) is 7.17. The third-order valence-electron chi connectivity index (χ3n) is 5.38. The van der Waals surface area contributed by atoms with E-state index in [0.717, 1.165) is 12.1 Å². The van der Waals surface area contributed by atoms with E-state index in [1.54, 1.807) is 0 Å². The summed E-state index contributed by atoms with van der Waals surface area (Å²) in [5.41, 5.74) is -0.449. The van der Waals surface area contributed by atoms with Crippen molar-refractivity contribution in [2.75, 3.05) is 6.54 Å². The summed E-state index contributed by atoms with van der Waals surface area (Å²) < 4.78 is 14.7. The van der Waals surface area contributed by atoms with E-state index in [0.29, 0.717) is 19.3 Å². The molecule has 0 bridgehead atoms. The molecular weight excluding hydrogens is 435 g/mol. The number of nitro benzene ring substituents is 1. The molecule has 2 N–H and O–H groups in total. The predicted octanol–water partition coefficient (Wildman–Crippen LogP) is 3.80. The lowest BCUT2D eigenvalue weighted by molar-refractivity contribution is -0.384. The number of aliphatic hydroxyl groups excluding tert-OH is 1. The molecule has 0 spiro atoms. The van der Waals surface area contributed by atoms with Gasteiger partial charge in [0, 0.05) is 36.2 Å². The summed E-state index contributed by atoms with van der Waals surface area (Å²) in [5, 5.41) is 30.5. The maximum atomic E-state index is 14.7. The quantitative estimate of drug-likeness (QED) is 0.146. The highest BCUT2D eigenvalue weighted by atomic mass is 19.1. The van der Waals surface area contributed by atoms with Crippen molar-refractivity contribution in [1.82, 2.24) is 4.90 Å². The fourth-order valence-electron chi connectivity index (χ4n) is 3.76. The van der Waals surface area contributed by atoms with Crippen molar-refractivity contribution in [2.45, 2.75) is 31.7 Å². The van der Waals surface area contributed by atoms with Gasteiger partial charge in [0.05, 0.1) is 16.5 Å². The molecule has 10 heteroatoms. The first kappa shape index (κ1) is 23.6. The van der Waals surface area contributed by atoms with Gasteiger partial charge in [-0.05, 0) is 31.0 Å². The van der Waals surface area contributed by atoms with Gasteiger partial charge in [-0.2, -0.15) is 0 Å². The summed E-state index contributed by atoms with van der Waals surface area (Å²) in [6, 6.07) is 9.15. The van der Waals surface area contributed by atoms with Crippen molar-refractivity contribution < 1.29 is 33.9 Å². The van der Waals surface area contributed by atoms with E-state index in [4.69, 9.17) is 5.11 Å². The van der Waals surface area contributed by atoms with E-state index in [-0.39, 0.29) is 35.4 Å². The van der Waals surface area contributed by atoms with Crippen LogP contribution < -0.4 is 0 Å². The smallest absolute Gasteiger partial charge is 0.303 e. The van der Waals surface area contributed by atoms with Crippen molar-refractivity contribution in [2.24, 2.45) is 0 Å². The number of nitro groups is 1. The number of carbonyl (C=O) groups excluding carboxylic acids is 2.